The number of hydrogen-bond acceptors (Lipinski definition) is 1. The summed E-state index contributed by atoms with van der Waals surface area (Å²) in [4.78, 5) is 12.5. The zero-order valence-electron chi connectivity index (χ0n) is 15.3. The van der Waals surface area contributed by atoms with E-state index in [2.05, 4.69) is 60.3 Å². The monoisotopic (exact) mass is 368 g/mol. The van der Waals surface area contributed by atoms with Gasteiger partial charge >= 0.3 is 0 Å². The highest BCUT2D eigenvalue weighted by atomic mass is 35.5. The number of benzene rings is 2. The smallest absolute Gasteiger partial charge is 0.220 e. The molecule has 3 aromatic rings. The molecular formula is C22H25ClN2O. The molecule has 0 saturated carbocycles. The third kappa shape index (κ3) is 3.94. The Morgan fingerprint density at radius 2 is 1.96 bits per heavy atom. The number of nitrogens with one attached hydrogen (secondary N) is 1. The molecule has 0 unspecified atom stereocenters. The topological polar surface area (TPSA) is 34.0 Å². The van der Waals surface area contributed by atoms with Crippen molar-refractivity contribution in [3.8, 4) is 0 Å². The van der Waals surface area contributed by atoms with Crippen LogP contribution in [0.15, 0.2) is 54.7 Å². The van der Waals surface area contributed by atoms with Crippen LogP contribution in [0.5, 0.6) is 0 Å². The van der Waals surface area contributed by atoms with E-state index in [4.69, 9.17) is 11.6 Å². The molecule has 1 amide bonds. The number of aryl methyl sites for hydroxylation is 1. The van der Waals surface area contributed by atoms with Crippen molar-refractivity contribution < 1.29 is 4.79 Å². The van der Waals surface area contributed by atoms with Crippen LogP contribution in [-0.4, -0.2) is 17.0 Å². The van der Waals surface area contributed by atoms with Crippen molar-refractivity contribution in [3.63, 3.8) is 0 Å². The molecule has 26 heavy (non-hydrogen) atoms. The Morgan fingerprint density at radius 3 is 2.69 bits per heavy atom. The molecule has 0 fully saturated rings. The number of nitrogens with zero attached hydrogens (tertiary/aromatic N) is 1. The molecule has 1 atom stereocenters. The molecule has 3 rings (SSSR count). The maximum Gasteiger partial charge on any atom is 0.220 e. The maximum atomic E-state index is 12.5. The fraction of sp³-hybridized carbons (Fsp3) is 0.318. The molecule has 1 heterocycles. The Labute approximate surface area is 160 Å². The summed E-state index contributed by atoms with van der Waals surface area (Å²) in [5.74, 6) is 0.0495. The molecule has 0 aliphatic carbocycles. The quantitative estimate of drug-likeness (QED) is 0.598. The molecule has 0 bridgehead atoms. The van der Waals surface area contributed by atoms with Gasteiger partial charge in [-0.3, -0.25) is 4.79 Å². The van der Waals surface area contributed by atoms with Crippen molar-refractivity contribution in [2.24, 2.45) is 0 Å². The summed E-state index contributed by atoms with van der Waals surface area (Å²) in [5.41, 5.74) is 3.45. The molecule has 3 nitrogen and oxygen atoms in total. The van der Waals surface area contributed by atoms with Gasteiger partial charge < -0.3 is 9.88 Å². The van der Waals surface area contributed by atoms with E-state index in [1.807, 2.05) is 18.2 Å². The highest BCUT2D eigenvalue weighted by Gasteiger charge is 2.22. The van der Waals surface area contributed by atoms with E-state index in [9.17, 15) is 4.79 Å². The van der Waals surface area contributed by atoms with Crippen molar-refractivity contribution in [2.45, 2.75) is 39.2 Å². The molecule has 4 heteroatoms. The van der Waals surface area contributed by atoms with E-state index in [1.54, 1.807) is 0 Å². The molecule has 0 aliphatic heterocycles. The second-order valence-electron chi connectivity index (χ2n) is 6.55. The van der Waals surface area contributed by atoms with E-state index < -0.39 is 0 Å². The van der Waals surface area contributed by atoms with E-state index in [-0.39, 0.29) is 11.8 Å². The van der Waals surface area contributed by atoms with Crippen molar-refractivity contribution in [1.29, 1.82) is 0 Å². The number of fused-ring (bicyclic) bond motifs is 1. The normalized spacial score (nSPS) is 12.3. The second-order valence-corrected chi connectivity index (χ2v) is 6.99. The van der Waals surface area contributed by atoms with E-state index in [1.165, 1.54) is 16.5 Å². The number of carbonyl (C=O) groups is 1. The Bertz CT molecular complexity index is 900. The van der Waals surface area contributed by atoms with Crippen LogP contribution in [0.2, 0.25) is 5.02 Å². The van der Waals surface area contributed by atoms with Crippen LogP contribution in [0.4, 0.5) is 0 Å². The SMILES string of the molecule is CCCNC(=O)C[C@H](c1cccc(Cl)c1)c1cn(CC)c2ccccc12. The van der Waals surface area contributed by atoms with Gasteiger partial charge in [0, 0.05) is 47.6 Å². The number of hydrogen-bond donors (Lipinski definition) is 1. The van der Waals surface area contributed by atoms with Crippen LogP contribution in [0.3, 0.4) is 0 Å². The predicted octanol–water partition coefficient (Wildman–Crippen LogP) is 5.36. The van der Waals surface area contributed by atoms with Crippen molar-refractivity contribution in [1.82, 2.24) is 9.88 Å². The van der Waals surface area contributed by atoms with E-state index in [0.29, 0.717) is 18.0 Å². The van der Waals surface area contributed by atoms with Crippen LogP contribution in [0.25, 0.3) is 10.9 Å². The summed E-state index contributed by atoms with van der Waals surface area (Å²) in [6.07, 6.45) is 3.53. The van der Waals surface area contributed by atoms with Gasteiger partial charge in [-0.2, -0.15) is 0 Å². The van der Waals surface area contributed by atoms with Crippen LogP contribution in [-0.2, 0) is 11.3 Å². The minimum absolute atomic E-state index is 0.0248. The maximum absolute atomic E-state index is 12.5. The first kappa shape index (κ1) is 18.5. The first-order valence-electron chi connectivity index (χ1n) is 9.24. The van der Waals surface area contributed by atoms with Crippen molar-refractivity contribution in [2.75, 3.05) is 6.54 Å². The van der Waals surface area contributed by atoms with Crippen molar-refractivity contribution in [3.05, 3.63) is 70.9 Å². The molecule has 1 aromatic heterocycles. The fourth-order valence-corrected chi connectivity index (χ4v) is 3.67. The minimum Gasteiger partial charge on any atom is -0.356 e. The molecule has 0 radical (unpaired) electrons. The highest BCUT2D eigenvalue weighted by Crippen LogP contribution is 2.35. The minimum atomic E-state index is -0.0248. The van der Waals surface area contributed by atoms with Gasteiger partial charge in [0.1, 0.15) is 0 Å². The van der Waals surface area contributed by atoms with Crippen LogP contribution < -0.4 is 5.32 Å². The van der Waals surface area contributed by atoms with Gasteiger partial charge in [-0.25, -0.2) is 0 Å². The Kier molecular flexibility index (Phi) is 6.00. The lowest BCUT2D eigenvalue weighted by Gasteiger charge is -2.17. The zero-order chi connectivity index (χ0) is 18.5. The Balaban J connectivity index is 2.07. The molecular weight excluding hydrogens is 344 g/mol. The number of amides is 1. The van der Waals surface area contributed by atoms with Crippen molar-refractivity contribution >= 4 is 28.4 Å². The lowest BCUT2D eigenvalue weighted by molar-refractivity contribution is -0.121. The summed E-state index contributed by atoms with van der Waals surface area (Å²) < 4.78 is 2.24. The van der Waals surface area contributed by atoms with Gasteiger partial charge in [0.05, 0.1) is 0 Å². The summed E-state index contributed by atoms with van der Waals surface area (Å²) in [6.45, 7) is 5.80. The standard InChI is InChI=1S/C22H25ClN2O/c1-3-12-24-22(26)14-19(16-8-7-9-17(23)13-16)20-15-25(4-2)21-11-6-5-10-18(20)21/h5-11,13,15,19H,3-4,12,14H2,1-2H3,(H,24,26)/t19-/m1/s1. The lowest BCUT2D eigenvalue weighted by atomic mass is 9.88. The lowest BCUT2D eigenvalue weighted by Crippen LogP contribution is -2.26. The highest BCUT2D eigenvalue weighted by molar-refractivity contribution is 6.30. The summed E-state index contributed by atoms with van der Waals surface area (Å²) in [6, 6.07) is 16.2. The molecule has 2 aromatic carbocycles. The summed E-state index contributed by atoms with van der Waals surface area (Å²) in [5, 5.41) is 4.90. The van der Waals surface area contributed by atoms with Gasteiger partial charge in [-0.05, 0) is 42.7 Å². The first-order valence-corrected chi connectivity index (χ1v) is 9.61. The molecule has 0 saturated heterocycles. The third-order valence-electron chi connectivity index (χ3n) is 4.75. The van der Waals surface area contributed by atoms with E-state index in [0.717, 1.165) is 18.5 Å². The third-order valence-corrected chi connectivity index (χ3v) is 4.98. The average Bonchev–Trinajstić information content (AvgIpc) is 3.03. The van der Waals surface area contributed by atoms with Gasteiger partial charge in [-0.1, -0.05) is 48.9 Å². The van der Waals surface area contributed by atoms with Gasteiger partial charge in [0.25, 0.3) is 0 Å². The Morgan fingerprint density at radius 1 is 1.15 bits per heavy atom. The number of carbonyl (C=O) groups excluding carboxylic acids is 1. The van der Waals surface area contributed by atoms with Crippen LogP contribution in [0, 0.1) is 0 Å². The van der Waals surface area contributed by atoms with Gasteiger partial charge in [-0.15, -0.1) is 0 Å². The van der Waals surface area contributed by atoms with Crippen LogP contribution in [0.1, 0.15) is 43.7 Å². The van der Waals surface area contributed by atoms with Gasteiger partial charge in [0.2, 0.25) is 5.91 Å². The number of para-hydroxylation sites is 1. The predicted molar refractivity (Wildman–Crippen MR) is 109 cm³/mol. The van der Waals surface area contributed by atoms with E-state index >= 15 is 0 Å². The summed E-state index contributed by atoms with van der Waals surface area (Å²) in [7, 11) is 0. The Hall–Kier alpha value is -2.26. The largest absolute Gasteiger partial charge is 0.356 e. The summed E-state index contributed by atoms with van der Waals surface area (Å²) >= 11 is 6.24. The van der Waals surface area contributed by atoms with Crippen LogP contribution >= 0.6 is 11.6 Å². The number of rotatable bonds is 7. The molecule has 0 spiro atoms. The zero-order valence-corrected chi connectivity index (χ0v) is 16.1. The first-order chi connectivity index (χ1) is 12.6. The number of halogens is 1. The number of aromatic nitrogens is 1. The molecule has 1 N–H and O–H groups in total. The second kappa shape index (κ2) is 8.41. The fourth-order valence-electron chi connectivity index (χ4n) is 3.47. The molecule has 0 aliphatic rings. The van der Waals surface area contributed by atoms with Gasteiger partial charge in [0.15, 0.2) is 0 Å². The molecule has 136 valence electrons. The average molecular weight is 369 g/mol.